The first kappa shape index (κ1) is 17.5. The molecule has 2 fully saturated rings. The lowest BCUT2D eigenvalue weighted by atomic mass is 10.0. The first-order valence-corrected chi connectivity index (χ1v) is 9.31. The van der Waals surface area contributed by atoms with Crippen LogP contribution in [0.1, 0.15) is 35.2 Å². The highest BCUT2D eigenvalue weighted by Crippen LogP contribution is 2.34. The highest BCUT2D eigenvalue weighted by Gasteiger charge is 2.30. The molecule has 0 radical (unpaired) electrons. The number of aryl methyl sites for hydroxylation is 1. The van der Waals surface area contributed by atoms with Gasteiger partial charge < -0.3 is 10.2 Å². The van der Waals surface area contributed by atoms with Gasteiger partial charge in [0.2, 0.25) is 0 Å². The average molecular weight is 369 g/mol. The van der Waals surface area contributed by atoms with Gasteiger partial charge >= 0.3 is 0 Å². The number of hydrogen-bond acceptors (Lipinski definition) is 5. The molecule has 142 valence electrons. The Morgan fingerprint density at radius 1 is 1.37 bits per heavy atom. The summed E-state index contributed by atoms with van der Waals surface area (Å²) in [7, 11) is 1.90. The topological polar surface area (TPSA) is 93.3 Å². The lowest BCUT2D eigenvalue weighted by Crippen LogP contribution is -2.26. The molecule has 1 saturated carbocycles. The average Bonchev–Trinajstić information content (AvgIpc) is 3.17. The van der Waals surface area contributed by atoms with Gasteiger partial charge in [0.1, 0.15) is 5.69 Å². The number of nitro groups is 1. The number of hydrogen-bond donors (Lipinski definition) is 1. The van der Waals surface area contributed by atoms with E-state index in [0.29, 0.717) is 17.2 Å². The van der Waals surface area contributed by atoms with Crippen molar-refractivity contribution < 1.29 is 9.72 Å². The summed E-state index contributed by atoms with van der Waals surface area (Å²) in [5, 5.41) is 18.7. The van der Waals surface area contributed by atoms with Gasteiger partial charge in [-0.05, 0) is 49.3 Å². The Bertz CT molecular complexity index is 874. The minimum absolute atomic E-state index is 0.000440. The third-order valence-corrected chi connectivity index (χ3v) is 5.26. The second-order valence-electron chi connectivity index (χ2n) is 7.54. The summed E-state index contributed by atoms with van der Waals surface area (Å²) in [6.07, 6.45) is 7.75. The van der Waals surface area contributed by atoms with Gasteiger partial charge in [0.25, 0.3) is 11.6 Å². The number of aromatic nitrogens is 2. The quantitative estimate of drug-likeness (QED) is 0.623. The lowest BCUT2D eigenvalue weighted by Gasteiger charge is -2.19. The fraction of sp³-hybridized carbons (Fsp3) is 0.474. The van der Waals surface area contributed by atoms with E-state index in [4.69, 9.17) is 0 Å². The molecule has 1 amide bonds. The Labute approximate surface area is 157 Å². The molecule has 1 aromatic carbocycles. The molecule has 2 heterocycles. The van der Waals surface area contributed by atoms with E-state index in [0.717, 1.165) is 38.8 Å². The molecule has 1 aromatic heterocycles. The second-order valence-corrected chi connectivity index (χ2v) is 7.54. The van der Waals surface area contributed by atoms with Crippen molar-refractivity contribution in [1.82, 2.24) is 15.1 Å². The number of amides is 1. The number of nitro benzene ring substituents is 1. The number of carbonyl (C=O) groups excluding carboxylic acids is 1. The van der Waals surface area contributed by atoms with Crippen molar-refractivity contribution in [3.63, 3.8) is 0 Å². The number of carbonyl (C=O) groups is 1. The zero-order chi connectivity index (χ0) is 19.0. The van der Waals surface area contributed by atoms with Crippen LogP contribution in [0, 0.1) is 16.0 Å². The molecule has 1 aliphatic carbocycles. The molecule has 0 spiro atoms. The summed E-state index contributed by atoms with van der Waals surface area (Å²) in [4.78, 5) is 25.5. The Balaban J connectivity index is 1.48. The minimum atomic E-state index is -0.391. The van der Waals surface area contributed by atoms with Gasteiger partial charge in [0, 0.05) is 44.0 Å². The fourth-order valence-electron chi connectivity index (χ4n) is 3.70. The predicted molar refractivity (Wildman–Crippen MR) is 101 cm³/mol. The van der Waals surface area contributed by atoms with Crippen molar-refractivity contribution >= 4 is 17.3 Å². The van der Waals surface area contributed by atoms with Gasteiger partial charge in [0.15, 0.2) is 0 Å². The van der Waals surface area contributed by atoms with Crippen LogP contribution in [0.15, 0.2) is 30.6 Å². The van der Waals surface area contributed by atoms with Crippen LogP contribution in [0.25, 0.3) is 0 Å². The molecule has 0 bridgehead atoms. The van der Waals surface area contributed by atoms with E-state index < -0.39 is 4.92 Å². The molecule has 4 rings (SSSR count). The fourth-order valence-corrected chi connectivity index (χ4v) is 3.70. The maximum absolute atomic E-state index is 12.2. The molecule has 8 nitrogen and oxygen atoms in total. The predicted octanol–water partition coefficient (Wildman–Crippen LogP) is 2.29. The van der Waals surface area contributed by atoms with Gasteiger partial charge in [-0.2, -0.15) is 5.10 Å². The van der Waals surface area contributed by atoms with Gasteiger partial charge in [-0.15, -0.1) is 0 Å². The second kappa shape index (κ2) is 7.02. The van der Waals surface area contributed by atoms with E-state index >= 15 is 0 Å². The first-order valence-electron chi connectivity index (χ1n) is 9.31. The van der Waals surface area contributed by atoms with Crippen molar-refractivity contribution in [2.45, 2.75) is 31.7 Å². The van der Waals surface area contributed by atoms with Crippen molar-refractivity contribution in [3.05, 3.63) is 51.8 Å². The Hall–Kier alpha value is -2.90. The van der Waals surface area contributed by atoms with Gasteiger partial charge in [-0.25, -0.2) is 0 Å². The summed E-state index contributed by atoms with van der Waals surface area (Å²) >= 11 is 0. The third-order valence-electron chi connectivity index (χ3n) is 5.26. The van der Waals surface area contributed by atoms with Crippen LogP contribution in [-0.4, -0.2) is 39.7 Å². The molecule has 2 aliphatic rings. The van der Waals surface area contributed by atoms with Crippen molar-refractivity contribution in [3.8, 4) is 0 Å². The Morgan fingerprint density at radius 2 is 2.19 bits per heavy atom. The molecule has 1 unspecified atom stereocenters. The van der Waals surface area contributed by atoms with Gasteiger partial charge in [-0.3, -0.25) is 19.6 Å². The highest BCUT2D eigenvalue weighted by molar-refractivity contribution is 5.96. The van der Waals surface area contributed by atoms with E-state index in [2.05, 4.69) is 15.3 Å². The van der Waals surface area contributed by atoms with Crippen molar-refractivity contribution in [2.75, 3.05) is 18.0 Å². The van der Waals surface area contributed by atoms with Crippen LogP contribution in [0.2, 0.25) is 0 Å². The van der Waals surface area contributed by atoms with Crippen LogP contribution in [0.4, 0.5) is 11.4 Å². The summed E-state index contributed by atoms with van der Waals surface area (Å²) in [6.45, 7) is 1.54. The maximum Gasteiger partial charge on any atom is 0.293 e. The largest absolute Gasteiger partial charge is 0.366 e. The monoisotopic (exact) mass is 369 g/mol. The number of benzene rings is 1. The van der Waals surface area contributed by atoms with Crippen LogP contribution in [0.3, 0.4) is 0 Å². The molecule has 2 aromatic rings. The lowest BCUT2D eigenvalue weighted by molar-refractivity contribution is -0.384. The van der Waals surface area contributed by atoms with E-state index in [9.17, 15) is 14.9 Å². The Kier molecular flexibility index (Phi) is 4.55. The third kappa shape index (κ3) is 3.94. The molecule has 1 saturated heterocycles. The van der Waals surface area contributed by atoms with Crippen molar-refractivity contribution in [1.29, 1.82) is 0 Å². The highest BCUT2D eigenvalue weighted by atomic mass is 16.6. The maximum atomic E-state index is 12.2. The van der Waals surface area contributed by atoms with Crippen LogP contribution >= 0.6 is 0 Å². The van der Waals surface area contributed by atoms with E-state index in [-0.39, 0.29) is 17.6 Å². The first-order chi connectivity index (χ1) is 13.0. The standard InChI is InChI=1S/C19H23N5O3/c1-22-11-14(10-20-22)8-13-6-7-23(12-13)17-5-2-15(9-18(17)24(26)27)19(25)21-16-3-4-16/h2,5,9-11,13,16H,3-4,6-8,12H2,1H3,(H,21,25). The summed E-state index contributed by atoms with van der Waals surface area (Å²) in [6, 6.07) is 5.03. The van der Waals surface area contributed by atoms with Crippen LogP contribution in [-0.2, 0) is 13.5 Å². The van der Waals surface area contributed by atoms with E-state index in [1.54, 1.807) is 16.8 Å². The van der Waals surface area contributed by atoms with Crippen molar-refractivity contribution in [2.24, 2.45) is 13.0 Å². The van der Waals surface area contributed by atoms with Crippen LogP contribution in [0.5, 0.6) is 0 Å². The molecule has 1 N–H and O–H groups in total. The zero-order valence-corrected chi connectivity index (χ0v) is 15.3. The van der Waals surface area contributed by atoms with E-state index in [1.165, 1.54) is 11.6 Å². The SMILES string of the molecule is Cn1cc(CC2CCN(c3ccc(C(=O)NC4CC4)cc3[N+](=O)[O-])C2)cn1. The van der Waals surface area contributed by atoms with E-state index in [1.807, 2.05) is 19.4 Å². The van der Waals surface area contributed by atoms with Gasteiger partial charge in [-0.1, -0.05) is 0 Å². The summed E-state index contributed by atoms with van der Waals surface area (Å²) < 4.78 is 1.79. The molecule has 1 atom stereocenters. The summed E-state index contributed by atoms with van der Waals surface area (Å²) in [5.74, 6) is 0.203. The Morgan fingerprint density at radius 3 is 2.85 bits per heavy atom. The van der Waals surface area contributed by atoms with Gasteiger partial charge in [0.05, 0.1) is 11.1 Å². The number of anilines is 1. The molecular formula is C19H23N5O3. The summed E-state index contributed by atoms with van der Waals surface area (Å²) in [5.41, 5.74) is 2.13. The molecule has 8 heteroatoms. The molecular weight excluding hydrogens is 346 g/mol. The minimum Gasteiger partial charge on any atom is -0.366 e. The number of rotatable bonds is 6. The number of nitrogens with zero attached hydrogens (tertiary/aromatic N) is 4. The molecule has 27 heavy (non-hydrogen) atoms. The number of nitrogens with one attached hydrogen (secondary N) is 1. The smallest absolute Gasteiger partial charge is 0.293 e. The zero-order valence-electron chi connectivity index (χ0n) is 15.3. The van der Waals surface area contributed by atoms with Crippen LogP contribution < -0.4 is 10.2 Å². The normalized spacial score (nSPS) is 19.3. The molecule has 1 aliphatic heterocycles.